The van der Waals surface area contributed by atoms with Gasteiger partial charge in [-0.25, -0.2) is 4.39 Å². The van der Waals surface area contributed by atoms with Crippen molar-refractivity contribution in [3.8, 4) is 5.75 Å². The summed E-state index contributed by atoms with van der Waals surface area (Å²) in [7, 11) is 1.68. The minimum Gasteiger partial charge on any atom is -0.496 e. The molecule has 0 heterocycles. The Kier molecular flexibility index (Phi) is 4.97. The van der Waals surface area contributed by atoms with Crippen LogP contribution in [0, 0.1) is 19.7 Å². The lowest BCUT2D eigenvalue weighted by molar-refractivity contribution is 0.401. The molecule has 0 spiro atoms. The van der Waals surface area contributed by atoms with Crippen LogP contribution in [0.3, 0.4) is 0 Å². The first-order chi connectivity index (χ1) is 10.0. The number of hydrogen-bond donors (Lipinski definition) is 1. The Labute approximate surface area is 126 Å². The molecule has 1 unspecified atom stereocenters. The standard InChI is InChI=1S/C18H22FNO/c1-12-5-8-18(21-4)17(9-12)14(3)20-11-15-10-16(19)7-6-13(15)2/h5-10,14,20H,11H2,1-4H3. The maximum absolute atomic E-state index is 13.3. The normalized spacial score (nSPS) is 12.2. The molecule has 0 fully saturated rings. The molecule has 1 N–H and O–H groups in total. The van der Waals surface area contributed by atoms with Crippen LogP contribution in [0.4, 0.5) is 4.39 Å². The van der Waals surface area contributed by atoms with Gasteiger partial charge in [0.15, 0.2) is 0 Å². The summed E-state index contributed by atoms with van der Waals surface area (Å²) in [5.74, 6) is 0.676. The van der Waals surface area contributed by atoms with Crippen molar-refractivity contribution in [2.24, 2.45) is 0 Å². The van der Waals surface area contributed by atoms with Crippen LogP contribution in [0.2, 0.25) is 0 Å². The number of rotatable bonds is 5. The third kappa shape index (κ3) is 3.82. The minimum absolute atomic E-state index is 0.127. The van der Waals surface area contributed by atoms with Gasteiger partial charge in [0, 0.05) is 18.2 Å². The predicted molar refractivity (Wildman–Crippen MR) is 84.1 cm³/mol. The predicted octanol–water partition coefficient (Wildman–Crippen LogP) is 4.30. The molecule has 2 aromatic carbocycles. The number of methoxy groups -OCH3 is 1. The van der Waals surface area contributed by atoms with Crippen molar-refractivity contribution in [3.63, 3.8) is 0 Å². The molecule has 0 radical (unpaired) electrons. The first-order valence-electron chi connectivity index (χ1n) is 7.14. The Morgan fingerprint density at radius 3 is 2.62 bits per heavy atom. The van der Waals surface area contributed by atoms with Gasteiger partial charge >= 0.3 is 0 Å². The van der Waals surface area contributed by atoms with Gasteiger partial charge in [0.25, 0.3) is 0 Å². The third-order valence-corrected chi connectivity index (χ3v) is 3.76. The first kappa shape index (κ1) is 15.5. The fourth-order valence-electron chi connectivity index (χ4n) is 2.40. The van der Waals surface area contributed by atoms with Crippen molar-refractivity contribution in [1.82, 2.24) is 5.32 Å². The second-order valence-electron chi connectivity index (χ2n) is 5.42. The molecule has 0 aliphatic rings. The van der Waals surface area contributed by atoms with Crippen LogP contribution in [-0.2, 0) is 6.54 Å². The molecule has 2 rings (SSSR count). The highest BCUT2D eigenvalue weighted by Crippen LogP contribution is 2.26. The molecule has 2 nitrogen and oxygen atoms in total. The van der Waals surface area contributed by atoms with Crippen molar-refractivity contribution in [2.75, 3.05) is 7.11 Å². The van der Waals surface area contributed by atoms with E-state index in [1.54, 1.807) is 13.2 Å². The summed E-state index contributed by atoms with van der Waals surface area (Å²) in [6.07, 6.45) is 0. The zero-order valence-corrected chi connectivity index (χ0v) is 13.0. The lowest BCUT2D eigenvalue weighted by Gasteiger charge is -2.18. The maximum atomic E-state index is 13.3. The van der Waals surface area contributed by atoms with Gasteiger partial charge in [0.1, 0.15) is 11.6 Å². The quantitative estimate of drug-likeness (QED) is 0.885. The van der Waals surface area contributed by atoms with E-state index in [4.69, 9.17) is 4.74 Å². The molecule has 0 aromatic heterocycles. The lowest BCUT2D eigenvalue weighted by Crippen LogP contribution is -2.19. The second kappa shape index (κ2) is 6.72. The van der Waals surface area contributed by atoms with Crippen molar-refractivity contribution >= 4 is 0 Å². The van der Waals surface area contributed by atoms with Gasteiger partial charge in [-0.1, -0.05) is 23.8 Å². The van der Waals surface area contributed by atoms with E-state index in [0.29, 0.717) is 6.54 Å². The Morgan fingerprint density at radius 2 is 1.90 bits per heavy atom. The summed E-state index contributed by atoms with van der Waals surface area (Å²) >= 11 is 0. The van der Waals surface area contributed by atoms with Crippen LogP contribution < -0.4 is 10.1 Å². The molecule has 2 aromatic rings. The van der Waals surface area contributed by atoms with Crippen LogP contribution in [-0.4, -0.2) is 7.11 Å². The minimum atomic E-state index is -0.196. The van der Waals surface area contributed by atoms with Gasteiger partial charge in [-0.05, 0) is 50.1 Å². The fourth-order valence-corrected chi connectivity index (χ4v) is 2.40. The van der Waals surface area contributed by atoms with E-state index in [1.165, 1.54) is 11.6 Å². The Hall–Kier alpha value is -1.87. The number of aryl methyl sites for hydroxylation is 2. The van der Waals surface area contributed by atoms with Gasteiger partial charge in [-0.2, -0.15) is 0 Å². The molecule has 112 valence electrons. The topological polar surface area (TPSA) is 21.3 Å². The van der Waals surface area contributed by atoms with Crippen molar-refractivity contribution in [1.29, 1.82) is 0 Å². The maximum Gasteiger partial charge on any atom is 0.123 e. The highest BCUT2D eigenvalue weighted by Gasteiger charge is 2.12. The summed E-state index contributed by atoms with van der Waals surface area (Å²) in [5.41, 5.74) is 4.38. The van der Waals surface area contributed by atoms with Crippen molar-refractivity contribution in [3.05, 3.63) is 64.5 Å². The Bertz CT molecular complexity index is 625. The molecule has 0 saturated heterocycles. The number of benzene rings is 2. The van der Waals surface area contributed by atoms with E-state index >= 15 is 0 Å². The molecule has 0 aliphatic carbocycles. The van der Waals surface area contributed by atoms with Gasteiger partial charge in [-0.15, -0.1) is 0 Å². The van der Waals surface area contributed by atoms with Crippen LogP contribution in [0.1, 0.15) is 35.2 Å². The lowest BCUT2D eigenvalue weighted by atomic mass is 10.0. The summed E-state index contributed by atoms with van der Waals surface area (Å²) < 4.78 is 18.7. The molecular formula is C18H22FNO. The summed E-state index contributed by atoms with van der Waals surface area (Å²) in [6, 6.07) is 11.2. The Balaban J connectivity index is 2.13. The van der Waals surface area contributed by atoms with E-state index in [1.807, 2.05) is 25.1 Å². The van der Waals surface area contributed by atoms with Gasteiger partial charge in [0.2, 0.25) is 0 Å². The summed E-state index contributed by atoms with van der Waals surface area (Å²) in [5, 5.41) is 3.44. The van der Waals surface area contributed by atoms with E-state index in [0.717, 1.165) is 22.4 Å². The molecule has 0 bridgehead atoms. The highest BCUT2D eigenvalue weighted by molar-refractivity contribution is 5.39. The fraction of sp³-hybridized carbons (Fsp3) is 0.333. The van der Waals surface area contributed by atoms with Gasteiger partial charge < -0.3 is 10.1 Å². The summed E-state index contributed by atoms with van der Waals surface area (Å²) in [4.78, 5) is 0. The van der Waals surface area contributed by atoms with Gasteiger partial charge in [-0.3, -0.25) is 0 Å². The van der Waals surface area contributed by atoms with E-state index < -0.39 is 0 Å². The number of nitrogens with one attached hydrogen (secondary N) is 1. The molecule has 0 aliphatic heterocycles. The molecule has 21 heavy (non-hydrogen) atoms. The SMILES string of the molecule is COc1ccc(C)cc1C(C)NCc1cc(F)ccc1C. The number of halogens is 1. The average Bonchev–Trinajstić information content (AvgIpc) is 2.47. The second-order valence-corrected chi connectivity index (χ2v) is 5.42. The van der Waals surface area contributed by atoms with Crippen LogP contribution in [0.5, 0.6) is 5.75 Å². The number of ether oxygens (including phenoxy) is 1. The first-order valence-corrected chi connectivity index (χ1v) is 7.14. The molecule has 0 amide bonds. The largest absolute Gasteiger partial charge is 0.496 e. The van der Waals surface area contributed by atoms with Crippen molar-refractivity contribution in [2.45, 2.75) is 33.4 Å². The average molecular weight is 287 g/mol. The monoisotopic (exact) mass is 287 g/mol. The zero-order chi connectivity index (χ0) is 15.4. The third-order valence-electron chi connectivity index (χ3n) is 3.76. The van der Waals surface area contributed by atoms with E-state index in [2.05, 4.69) is 25.2 Å². The zero-order valence-electron chi connectivity index (χ0n) is 13.0. The summed E-state index contributed by atoms with van der Waals surface area (Å²) in [6.45, 7) is 6.77. The number of hydrogen-bond acceptors (Lipinski definition) is 2. The van der Waals surface area contributed by atoms with Gasteiger partial charge in [0.05, 0.1) is 7.11 Å². The molecule has 0 saturated carbocycles. The van der Waals surface area contributed by atoms with E-state index in [-0.39, 0.29) is 11.9 Å². The van der Waals surface area contributed by atoms with Crippen LogP contribution in [0.25, 0.3) is 0 Å². The van der Waals surface area contributed by atoms with Crippen LogP contribution in [0.15, 0.2) is 36.4 Å². The van der Waals surface area contributed by atoms with Crippen molar-refractivity contribution < 1.29 is 9.13 Å². The van der Waals surface area contributed by atoms with E-state index in [9.17, 15) is 4.39 Å². The van der Waals surface area contributed by atoms with Crippen LogP contribution >= 0.6 is 0 Å². The molecule has 1 atom stereocenters. The Morgan fingerprint density at radius 1 is 1.14 bits per heavy atom. The molecular weight excluding hydrogens is 265 g/mol. The highest BCUT2D eigenvalue weighted by atomic mass is 19.1. The molecule has 3 heteroatoms. The smallest absolute Gasteiger partial charge is 0.123 e.